The molecule has 2 rings (SSSR count). The van der Waals surface area contributed by atoms with Crippen LogP contribution < -0.4 is 10.1 Å². The Morgan fingerprint density at radius 1 is 1.56 bits per heavy atom. The summed E-state index contributed by atoms with van der Waals surface area (Å²) >= 11 is 5.05. The summed E-state index contributed by atoms with van der Waals surface area (Å²) in [7, 11) is 1.66. The van der Waals surface area contributed by atoms with Gasteiger partial charge in [0.25, 0.3) is 0 Å². The van der Waals surface area contributed by atoms with E-state index in [1.54, 1.807) is 18.9 Å². The van der Waals surface area contributed by atoms with Crippen LogP contribution in [-0.4, -0.2) is 24.8 Å². The lowest BCUT2D eigenvalue weighted by molar-refractivity contribution is -0.118. The summed E-state index contributed by atoms with van der Waals surface area (Å²) in [6, 6.07) is 6.36. The van der Waals surface area contributed by atoms with Crippen molar-refractivity contribution in [2.45, 2.75) is 24.6 Å². The average Bonchev–Trinajstić information content (AvgIpc) is 3.13. The van der Waals surface area contributed by atoms with E-state index in [2.05, 4.69) is 21.2 Å². The first kappa shape index (κ1) is 13.7. The van der Waals surface area contributed by atoms with Crippen molar-refractivity contribution in [1.82, 2.24) is 5.32 Å². The van der Waals surface area contributed by atoms with Crippen molar-refractivity contribution < 1.29 is 9.53 Å². The lowest BCUT2D eigenvalue weighted by Gasteiger charge is -2.09. The Bertz CT molecular complexity index is 435. The van der Waals surface area contributed by atoms with Crippen LogP contribution in [0.3, 0.4) is 0 Å². The molecule has 1 aliphatic rings. The van der Waals surface area contributed by atoms with Crippen molar-refractivity contribution >= 4 is 33.6 Å². The zero-order chi connectivity index (χ0) is 13.0. The maximum atomic E-state index is 11.5. The molecule has 1 saturated carbocycles. The van der Waals surface area contributed by atoms with E-state index in [0.29, 0.717) is 11.8 Å². The third kappa shape index (κ3) is 4.21. The highest BCUT2D eigenvalue weighted by Crippen LogP contribution is 2.26. The summed E-state index contributed by atoms with van der Waals surface area (Å²) < 4.78 is 6.33. The van der Waals surface area contributed by atoms with Gasteiger partial charge in [-0.05, 0) is 31.0 Å². The minimum atomic E-state index is 0.136. The first-order valence-electron chi connectivity index (χ1n) is 5.88. The van der Waals surface area contributed by atoms with E-state index in [1.165, 1.54) is 0 Å². The molecule has 0 atom stereocenters. The third-order valence-corrected chi connectivity index (χ3v) is 4.15. The molecule has 18 heavy (non-hydrogen) atoms. The lowest BCUT2D eigenvalue weighted by Crippen LogP contribution is -2.27. The molecule has 0 radical (unpaired) electrons. The molecular formula is C13H16BrNO2S. The van der Waals surface area contributed by atoms with Gasteiger partial charge in [0, 0.05) is 21.8 Å². The van der Waals surface area contributed by atoms with Crippen LogP contribution in [0, 0.1) is 0 Å². The molecule has 0 aromatic heterocycles. The highest BCUT2D eigenvalue weighted by molar-refractivity contribution is 9.10. The Kier molecular flexibility index (Phi) is 4.95. The molecule has 98 valence electrons. The molecule has 1 aliphatic carbocycles. The molecule has 1 N–H and O–H groups in total. The number of methoxy groups -OCH3 is 1. The number of carbonyl (C=O) groups is 1. The van der Waals surface area contributed by atoms with Crippen LogP contribution in [0.5, 0.6) is 5.75 Å². The highest BCUT2D eigenvalue weighted by atomic mass is 79.9. The minimum absolute atomic E-state index is 0.136. The van der Waals surface area contributed by atoms with Gasteiger partial charge in [-0.3, -0.25) is 4.79 Å². The molecule has 1 aromatic rings. The lowest BCUT2D eigenvalue weighted by atomic mass is 10.2. The number of rotatable bonds is 6. The molecule has 0 aliphatic heterocycles. The Hall–Kier alpha value is -0.680. The summed E-state index contributed by atoms with van der Waals surface area (Å²) in [5.74, 6) is 2.29. The van der Waals surface area contributed by atoms with Gasteiger partial charge in [0.05, 0.1) is 12.9 Å². The largest absolute Gasteiger partial charge is 0.496 e. The number of halogens is 1. The fraction of sp³-hybridized carbons (Fsp3) is 0.462. The average molecular weight is 330 g/mol. The number of ether oxygens (including phenoxy) is 1. The quantitative estimate of drug-likeness (QED) is 0.871. The maximum absolute atomic E-state index is 11.5. The van der Waals surface area contributed by atoms with Gasteiger partial charge in [0.2, 0.25) is 5.91 Å². The molecule has 1 amide bonds. The second-order valence-corrected chi connectivity index (χ2v) is 6.19. The van der Waals surface area contributed by atoms with Crippen LogP contribution in [0.2, 0.25) is 0 Å². The topological polar surface area (TPSA) is 38.3 Å². The van der Waals surface area contributed by atoms with E-state index < -0.39 is 0 Å². The van der Waals surface area contributed by atoms with Crippen molar-refractivity contribution in [3.63, 3.8) is 0 Å². The van der Waals surface area contributed by atoms with Gasteiger partial charge in [0.15, 0.2) is 0 Å². The normalized spacial score (nSPS) is 14.3. The van der Waals surface area contributed by atoms with Gasteiger partial charge in [0.1, 0.15) is 5.75 Å². The summed E-state index contributed by atoms with van der Waals surface area (Å²) in [5, 5.41) is 2.98. The predicted molar refractivity (Wildman–Crippen MR) is 78.0 cm³/mol. The number of hydrogen-bond acceptors (Lipinski definition) is 3. The Morgan fingerprint density at radius 3 is 3.00 bits per heavy atom. The van der Waals surface area contributed by atoms with Crippen LogP contribution in [0.15, 0.2) is 22.7 Å². The molecule has 0 saturated heterocycles. The summed E-state index contributed by atoms with van der Waals surface area (Å²) in [5.41, 5.74) is 1.11. The monoisotopic (exact) mass is 329 g/mol. The second-order valence-electron chi connectivity index (χ2n) is 4.29. The molecule has 5 heteroatoms. The summed E-state index contributed by atoms with van der Waals surface area (Å²) in [6.45, 7) is 0. The van der Waals surface area contributed by atoms with Gasteiger partial charge in [-0.15, -0.1) is 11.8 Å². The van der Waals surface area contributed by atoms with E-state index in [-0.39, 0.29) is 5.91 Å². The molecular weight excluding hydrogens is 314 g/mol. The Labute approximate surface area is 120 Å². The molecule has 0 unspecified atom stereocenters. The number of benzene rings is 1. The van der Waals surface area contributed by atoms with E-state index in [4.69, 9.17) is 4.74 Å². The van der Waals surface area contributed by atoms with Crippen molar-refractivity contribution in [3.8, 4) is 5.75 Å². The molecule has 0 bridgehead atoms. The standard InChI is InChI=1S/C13H16BrNO2S/c1-17-12-5-2-10(14)6-9(12)7-18-8-13(16)15-11-3-4-11/h2,5-6,11H,3-4,7-8H2,1H3,(H,15,16). The van der Waals surface area contributed by atoms with Gasteiger partial charge in [-0.1, -0.05) is 15.9 Å². The van der Waals surface area contributed by atoms with Gasteiger partial charge >= 0.3 is 0 Å². The van der Waals surface area contributed by atoms with Gasteiger partial charge in [-0.25, -0.2) is 0 Å². The summed E-state index contributed by atoms with van der Waals surface area (Å²) in [4.78, 5) is 11.5. The second kappa shape index (κ2) is 6.48. The fourth-order valence-electron chi connectivity index (χ4n) is 1.61. The summed E-state index contributed by atoms with van der Waals surface area (Å²) in [6.07, 6.45) is 2.27. The number of carbonyl (C=O) groups excluding carboxylic acids is 1. The molecule has 3 nitrogen and oxygen atoms in total. The van der Waals surface area contributed by atoms with E-state index >= 15 is 0 Å². The van der Waals surface area contributed by atoms with Crippen LogP contribution in [0.25, 0.3) is 0 Å². The first-order valence-corrected chi connectivity index (χ1v) is 7.83. The predicted octanol–water partition coefficient (Wildman–Crippen LogP) is 2.97. The number of thioether (sulfide) groups is 1. The zero-order valence-corrected chi connectivity index (χ0v) is 12.6. The van der Waals surface area contributed by atoms with Crippen molar-refractivity contribution in [2.24, 2.45) is 0 Å². The highest BCUT2D eigenvalue weighted by Gasteiger charge is 2.22. The van der Waals surface area contributed by atoms with Crippen LogP contribution >= 0.6 is 27.7 Å². The van der Waals surface area contributed by atoms with E-state index in [1.807, 2.05) is 18.2 Å². The van der Waals surface area contributed by atoms with Crippen molar-refractivity contribution in [3.05, 3.63) is 28.2 Å². The number of nitrogens with one attached hydrogen (secondary N) is 1. The maximum Gasteiger partial charge on any atom is 0.230 e. The molecule has 0 spiro atoms. The SMILES string of the molecule is COc1ccc(Br)cc1CSCC(=O)NC1CC1. The van der Waals surface area contributed by atoms with Crippen LogP contribution in [0.4, 0.5) is 0 Å². The molecule has 1 aromatic carbocycles. The Balaban J connectivity index is 1.81. The first-order chi connectivity index (χ1) is 8.69. The molecule has 0 heterocycles. The Morgan fingerprint density at radius 2 is 2.33 bits per heavy atom. The molecule has 1 fully saturated rings. The van der Waals surface area contributed by atoms with E-state index in [0.717, 1.165) is 34.4 Å². The zero-order valence-electron chi connectivity index (χ0n) is 10.2. The minimum Gasteiger partial charge on any atom is -0.496 e. The fourth-order valence-corrected chi connectivity index (χ4v) is 2.84. The van der Waals surface area contributed by atoms with Crippen LogP contribution in [0.1, 0.15) is 18.4 Å². The number of amides is 1. The van der Waals surface area contributed by atoms with Gasteiger partial charge in [-0.2, -0.15) is 0 Å². The number of hydrogen-bond donors (Lipinski definition) is 1. The van der Waals surface area contributed by atoms with Crippen LogP contribution in [-0.2, 0) is 10.5 Å². The van der Waals surface area contributed by atoms with Crippen molar-refractivity contribution in [1.29, 1.82) is 0 Å². The van der Waals surface area contributed by atoms with Crippen molar-refractivity contribution in [2.75, 3.05) is 12.9 Å². The van der Waals surface area contributed by atoms with Gasteiger partial charge < -0.3 is 10.1 Å². The smallest absolute Gasteiger partial charge is 0.230 e. The third-order valence-electron chi connectivity index (χ3n) is 2.68. The van der Waals surface area contributed by atoms with E-state index in [9.17, 15) is 4.79 Å².